The van der Waals surface area contributed by atoms with E-state index >= 15 is 0 Å². The third-order valence-corrected chi connectivity index (χ3v) is 1.23. The van der Waals surface area contributed by atoms with Crippen molar-refractivity contribution in [2.24, 2.45) is 5.50 Å². The summed E-state index contributed by atoms with van der Waals surface area (Å²) in [6.45, 7) is 0.157. The average molecular weight is 204 g/mol. The quantitative estimate of drug-likeness (QED) is 0.517. The highest BCUT2D eigenvalue weighted by atomic mass is 79.9. The van der Waals surface area contributed by atoms with Gasteiger partial charge in [0.25, 0.3) is 0 Å². The zero-order chi connectivity index (χ0) is 6.62. The van der Waals surface area contributed by atoms with Gasteiger partial charge in [0.05, 0.1) is 6.61 Å². The van der Waals surface area contributed by atoms with E-state index in [1.165, 1.54) is 0 Å². The third-order valence-electron chi connectivity index (χ3n) is 0.353. The van der Waals surface area contributed by atoms with E-state index in [9.17, 15) is 4.57 Å². The monoisotopic (exact) mass is 203 g/mol. The lowest BCUT2D eigenvalue weighted by atomic mass is 10.9. The van der Waals surface area contributed by atoms with E-state index in [1.54, 1.807) is 0 Å². The fourth-order valence-electron chi connectivity index (χ4n) is 0.165. The van der Waals surface area contributed by atoms with Gasteiger partial charge in [-0.1, -0.05) is 15.9 Å². The van der Waals surface area contributed by atoms with Gasteiger partial charge in [-0.2, -0.15) is 0 Å². The predicted molar refractivity (Wildman–Crippen MR) is 33.8 cm³/mol. The van der Waals surface area contributed by atoms with E-state index in [1.807, 2.05) is 0 Å². The molecule has 0 saturated heterocycles. The van der Waals surface area contributed by atoms with Crippen LogP contribution in [0.5, 0.6) is 0 Å². The Kier molecular flexibility index (Phi) is 3.85. The van der Waals surface area contributed by atoms with Gasteiger partial charge in [-0.15, -0.1) is 0 Å². The Bertz CT molecular complexity index is 101. The van der Waals surface area contributed by atoms with Crippen LogP contribution in [-0.4, -0.2) is 16.8 Å². The smallest absolute Gasteiger partial charge is 0.313 e. The minimum atomic E-state index is -3.71. The summed E-state index contributed by atoms with van der Waals surface area (Å²) in [6, 6.07) is 0. The highest BCUT2D eigenvalue weighted by molar-refractivity contribution is 9.09. The zero-order valence-corrected chi connectivity index (χ0v) is 6.56. The van der Waals surface area contributed by atoms with Gasteiger partial charge in [-0.05, 0) is 0 Å². The van der Waals surface area contributed by atoms with Gasteiger partial charge in [0, 0.05) is 5.33 Å². The predicted octanol–water partition coefficient (Wildman–Crippen LogP) is 0.457. The molecule has 0 spiro atoms. The summed E-state index contributed by atoms with van der Waals surface area (Å²) in [5.41, 5.74) is 4.59. The summed E-state index contributed by atoms with van der Waals surface area (Å²) in [7, 11) is -3.71. The summed E-state index contributed by atoms with van der Waals surface area (Å²) in [4.78, 5) is 8.24. The van der Waals surface area contributed by atoms with Crippen molar-refractivity contribution in [1.29, 1.82) is 0 Å². The van der Waals surface area contributed by atoms with Gasteiger partial charge in [0.15, 0.2) is 0 Å². The van der Waals surface area contributed by atoms with Crippen LogP contribution >= 0.6 is 23.7 Å². The van der Waals surface area contributed by atoms with Crippen molar-refractivity contribution in [3.8, 4) is 0 Å². The summed E-state index contributed by atoms with van der Waals surface area (Å²) in [5.74, 6) is 0. The van der Waals surface area contributed by atoms with Gasteiger partial charge in [0.1, 0.15) is 0 Å². The number of hydrogen-bond acceptors (Lipinski definition) is 2. The van der Waals surface area contributed by atoms with Crippen molar-refractivity contribution in [2.45, 2.75) is 0 Å². The first-order valence-electron chi connectivity index (χ1n) is 1.88. The number of alkyl halides is 1. The summed E-state index contributed by atoms with van der Waals surface area (Å²) < 4.78 is 14.3. The average Bonchev–Trinajstić information content (AvgIpc) is 1.59. The highest BCUT2D eigenvalue weighted by Crippen LogP contribution is 2.30. The molecule has 0 aromatic carbocycles. The number of nitrogens with two attached hydrogens (primary N) is 1. The molecule has 3 N–H and O–H groups in total. The largest absolute Gasteiger partial charge is 0.400 e. The van der Waals surface area contributed by atoms with Crippen molar-refractivity contribution in [2.75, 3.05) is 11.9 Å². The molecule has 50 valence electrons. The van der Waals surface area contributed by atoms with E-state index in [2.05, 4.69) is 26.0 Å². The second kappa shape index (κ2) is 3.58. The van der Waals surface area contributed by atoms with E-state index in [4.69, 9.17) is 4.89 Å². The molecule has 0 aromatic rings. The molecule has 0 aliphatic carbocycles. The molecule has 0 aromatic heterocycles. The van der Waals surface area contributed by atoms with Gasteiger partial charge in [0.2, 0.25) is 0 Å². The third kappa shape index (κ3) is 6.59. The minimum Gasteiger partial charge on any atom is -0.313 e. The van der Waals surface area contributed by atoms with E-state index in [-0.39, 0.29) is 6.61 Å². The first-order chi connectivity index (χ1) is 3.56. The van der Waals surface area contributed by atoms with Crippen LogP contribution in [0.2, 0.25) is 0 Å². The first-order valence-corrected chi connectivity index (χ1v) is 4.65. The Hall–Kier alpha value is 0.590. The van der Waals surface area contributed by atoms with Crippen LogP contribution in [0.15, 0.2) is 0 Å². The Balaban J connectivity index is 3.26. The van der Waals surface area contributed by atoms with Crippen molar-refractivity contribution >= 4 is 23.7 Å². The molecule has 6 heteroatoms. The van der Waals surface area contributed by atoms with Crippen LogP contribution in [0.3, 0.4) is 0 Å². The number of hydrogen-bond donors (Lipinski definition) is 2. The van der Waals surface area contributed by atoms with Crippen molar-refractivity contribution < 1.29 is 14.0 Å². The maximum Gasteiger partial charge on any atom is 0.400 e. The molecule has 4 nitrogen and oxygen atoms in total. The van der Waals surface area contributed by atoms with Gasteiger partial charge >= 0.3 is 7.75 Å². The van der Waals surface area contributed by atoms with Crippen LogP contribution in [-0.2, 0) is 9.09 Å². The van der Waals surface area contributed by atoms with Crippen LogP contribution < -0.4 is 5.50 Å². The van der Waals surface area contributed by atoms with E-state index in [0.29, 0.717) is 5.33 Å². The van der Waals surface area contributed by atoms with E-state index < -0.39 is 7.75 Å². The first kappa shape index (κ1) is 8.59. The topological polar surface area (TPSA) is 72.6 Å². The molecular formula is C2H7BrNO3P. The Morgan fingerprint density at radius 2 is 2.38 bits per heavy atom. The molecule has 0 radical (unpaired) electrons. The molecule has 0 bridgehead atoms. The molecule has 0 saturated carbocycles. The Morgan fingerprint density at radius 3 is 2.50 bits per heavy atom. The van der Waals surface area contributed by atoms with Crippen molar-refractivity contribution in [3.05, 3.63) is 0 Å². The fourth-order valence-corrected chi connectivity index (χ4v) is 0.930. The maximum absolute atomic E-state index is 10.1. The second-order valence-electron chi connectivity index (χ2n) is 1.09. The summed E-state index contributed by atoms with van der Waals surface area (Å²) in [6.07, 6.45) is 0. The zero-order valence-electron chi connectivity index (χ0n) is 4.08. The summed E-state index contributed by atoms with van der Waals surface area (Å²) in [5, 5.41) is 0.509. The molecule has 0 rings (SSSR count). The van der Waals surface area contributed by atoms with Gasteiger partial charge in [-0.3, -0.25) is 4.52 Å². The Morgan fingerprint density at radius 1 is 1.88 bits per heavy atom. The molecule has 0 amide bonds. The fraction of sp³-hybridized carbons (Fsp3) is 1.00. The van der Waals surface area contributed by atoms with Gasteiger partial charge < -0.3 is 4.89 Å². The van der Waals surface area contributed by atoms with Crippen LogP contribution in [0.25, 0.3) is 0 Å². The van der Waals surface area contributed by atoms with Crippen LogP contribution in [0.1, 0.15) is 0 Å². The molecule has 1 unspecified atom stereocenters. The maximum atomic E-state index is 10.1. The number of rotatable bonds is 3. The molecule has 0 aliphatic heterocycles. The lowest BCUT2D eigenvalue weighted by Gasteiger charge is -2.01. The highest BCUT2D eigenvalue weighted by Gasteiger charge is 2.08. The van der Waals surface area contributed by atoms with Crippen LogP contribution in [0.4, 0.5) is 0 Å². The standard InChI is InChI=1S/C2H7BrNO3P/c3-1-2-7-8(4,5)6/h1-2H2,(H3,4,5,6). The van der Waals surface area contributed by atoms with E-state index in [0.717, 1.165) is 0 Å². The number of halogens is 1. The van der Waals surface area contributed by atoms with Gasteiger partial charge in [-0.25, -0.2) is 10.1 Å². The van der Waals surface area contributed by atoms with Crippen molar-refractivity contribution in [1.82, 2.24) is 0 Å². The lowest BCUT2D eigenvalue weighted by molar-refractivity contribution is 0.277. The van der Waals surface area contributed by atoms with Crippen LogP contribution in [0, 0.1) is 0 Å². The molecule has 0 aliphatic rings. The lowest BCUT2D eigenvalue weighted by Crippen LogP contribution is -1.99. The minimum absolute atomic E-state index is 0.157. The molecule has 0 heterocycles. The summed E-state index contributed by atoms with van der Waals surface area (Å²) >= 11 is 2.99. The van der Waals surface area contributed by atoms with Crippen molar-refractivity contribution in [3.63, 3.8) is 0 Å². The molecular weight excluding hydrogens is 197 g/mol. The normalized spacial score (nSPS) is 17.9. The second-order valence-corrected chi connectivity index (χ2v) is 3.27. The molecule has 1 atom stereocenters. The molecule has 0 fully saturated rings. The Labute approximate surface area is 55.7 Å². The SMILES string of the molecule is NP(=O)(O)OCCBr. The molecule has 8 heavy (non-hydrogen) atoms.